The Balaban J connectivity index is 2.18. The van der Waals surface area contributed by atoms with Crippen LogP contribution in [0.15, 0.2) is 16.7 Å². The van der Waals surface area contributed by atoms with E-state index in [1.807, 2.05) is 6.07 Å². The maximum Gasteiger partial charge on any atom is 0.129 e. The molecule has 1 saturated heterocycles. The molecule has 2 N–H and O–H groups in total. The molecule has 82 valence electrons. The van der Waals surface area contributed by atoms with E-state index in [9.17, 15) is 0 Å². The molecule has 0 aromatic carbocycles. The molecule has 1 unspecified atom stereocenters. The summed E-state index contributed by atoms with van der Waals surface area (Å²) in [5.74, 6) is 1.79. The van der Waals surface area contributed by atoms with Crippen molar-refractivity contribution in [3.63, 3.8) is 0 Å². The van der Waals surface area contributed by atoms with Crippen LogP contribution in [0.3, 0.4) is 0 Å². The Morgan fingerprint density at radius 3 is 3.07 bits per heavy atom. The van der Waals surface area contributed by atoms with Gasteiger partial charge in [0, 0.05) is 17.6 Å². The highest BCUT2D eigenvalue weighted by molar-refractivity contribution is 9.10. The lowest BCUT2D eigenvalue weighted by atomic mass is 10.0. The van der Waals surface area contributed by atoms with Crippen LogP contribution < -0.4 is 10.6 Å². The van der Waals surface area contributed by atoms with Gasteiger partial charge in [0.2, 0.25) is 0 Å². The first-order valence-electron chi connectivity index (χ1n) is 5.33. The molecule has 1 atom stereocenters. The van der Waals surface area contributed by atoms with E-state index in [1.165, 1.54) is 12.8 Å². The maximum absolute atomic E-state index is 5.72. The monoisotopic (exact) mass is 269 g/mol. The highest BCUT2D eigenvalue weighted by Crippen LogP contribution is 2.26. The second-order valence-corrected chi connectivity index (χ2v) is 5.11. The van der Waals surface area contributed by atoms with Crippen LogP contribution in [0.4, 0.5) is 11.5 Å². The Bertz CT molecular complexity index is 354. The number of nitrogens with two attached hydrogens (primary N) is 1. The molecule has 1 aromatic rings. The van der Waals surface area contributed by atoms with Crippen molar-refractivity contribution in [2.45, 2.75) is 19.8 Å². The van der Waals surface area contributed by atoms with E-state index in [0.29, 0.717) is 5.69 Å². The quantitative estimate of drug-likeness (QED) is 0.853. The summed E-state index contributed by atoms with van der Waals surface area (Å²) in [6, 6.07) is 2.01. The molecule has 15 heavy (non-hydrogen) atoms. The lowest BCUT2D eigenvalue weighted by Crippen LogP contribution is -2.34. The Kier molecular flexibility index (Phi) is 3.14. The van der Waals surface area contributed by atoms with Crippen molar-refractivity contribution in [3.8, 4) is 0 Å². The van der Waals surface area contributed by atoms with Gasteiger partial charge in [0.25, 0.3) is 0 Å². The first-order chi connectivity index (χ1) is 7.16. The summed E-state index contributed by atoms with van der Waals surface area (Å²) in [6.45, 7) is 4.50. The molecule has 0 radical (unpaired) electrons. The first kappa shape index (κ1) is 10.7. The van der Waals surface area contributed by atoms with Gasteiger partial charge in [-0.1, -0.05) is 6.92 Å². The van der Waals surface area contributed by atoms with E-state index in [0.717, 1.165) is 29.3 Å². The minimum absolute atomic E-state index is 0.698. The lowest BCUT2D eigenvalue weighted by molar-refractivity contribution is 0.444. The van der Waals surface area contributed by atoms with Crippen molar-refractivity contribution in [1.82, 2.24) is 4.98 Å². The van der Waals surface area contributed by atoms with Gasteiger partial charge < -0.3 is 10.6 Å². The fourth-order valence-corrected chi connectivity index (χ4v) is 2.31. The minimum Gasteiger partial charge on any atom is -0.397 e. The van der Waals surface area contributed by atoms with Gasteiger partial charge in [0.05, 0.1) is 11.9 Å². The molecule has 1 aliphatic rings. The zero-order valence-electron chi connectivity index (χ0n) is 8.91. The first-order valence-corrected chi connectivity index (χ1v) is 6.12. The van der Waals surface area contributed by atoms with Crippen LogP contribution in [0.2, 0.25) is 0 Å². The number of hydrogen-bond acceptors (Lipinski definition) is 3. The van der Waals surface area contributed by atoms with Crippen LogP contribution in [0.1, 0.15) is 19.8 Å². The van der Waals surface area contributed by atoms with Gasteiger partial charge in [-0.3, -0.25) is 0 Å². The number of nitrogen functional groups attached to an aromatic ring is 1. The van der Waals surface area contributed by atoms with Crippen molar-refractivity contribution in [1.29, 1.82) is 0 Å². The van der Waals surface area contributed by atoms with Crippen molar-refractivity contribution in [3.05, 3.63) is 16.7 Å². The normalized spacial score (nSPS) is 21.7. The average molecular weight is 270 g/mol. The van der Waals surface area contributed by atoms with E-state index in [2.05, 4.69) is 32.7 Å². The van der Waals surface area contributed by atoms with Crippen molar-refractivity contribution in [2.75, 3.05) is 23.7 Å². The van der Waals surface area contributed by atoms with E-state index >= 15 is 0 Å². The molecular weight excluding hydrogens is 254 g/mol. The fourth-order valence-electron chi connectivity index (χ4n) is 2.00. The second kappa shape index (κ2) is 4.39. The molecule has 2 heterocycles. The third-order valence-electron chi connectivity index (χ3n) is 2.85. The van der Waals surface area contributed by atoms with Gasteiger partial charge in [-0.2, -0.15) is 0 Å². The Morgan fingerprint density at radius 1 is 1.60 bits per heavy atom. The molecule has 2 rings (SSSR count). The number of halogens is 1. The largest absolute Gasteiger partial charge is 0.397 e. The Hall–Kier alpha value is -0.770. The predicted molar refractivity (Wildman–Crippen MR) is 67.0 cm³/mol. The average Bonchev–Trinajstić information content (AvgIpc) is 2.22. The van der Waals surface area contributed by atoms with Gasteiger partial charge in [0.15, 0.2) is 0 Å². The van der Waals surface area contributed by atoms with Gasteiger partial charge in [-0.15, -0.1) is 0 Å². The van der Waals surface area contributed by atoms with E-state index in [4.69, 9.17) is 5.73 Å². The highest BCUT2D eigenvalue weighted by atomic mass is 79.9. The standard InChI is InChI=1S/C11H16BrN3/c1-8-3-2-4-15(7-8)11-5-9(12)10(13)6-14-11/h5-6,8H,2-4,7,13H2,1H3. The molecule has 3 nitrogen and oxygen atoms in total. The third-order valence-corrected chi connectivity index (χ3v) is 3.54. The van der Waals surface area contributed by atoms with Gasteiger partial charge in [-0.25, -0.2) is 4.98 Å². The minimum atomic E-state index is 0.698. The molecular formula is C11H16BrN3. The molecule has 0 bridgehead atoms. The number of piperidine rings is 1. The van der Waals surface area contributed by atoms with E-state index < -0.39 is 0 Å². The van der Waals surface area contributed by atoms with Crippen LogP contribution in [-0.4, -0.2) is 18.1 Å². The molecule has 0 amide bonds. The summed E-state index contributed by atoms with van der Waals surface area (Å²) in [7, 11) is 0. The second-order valence-electron chi connectivity index (χ2n) is 4.26. The van der Waals surface area contributed by atoms with Gasteiger partial charge in [-0.05, 0) is 40.8 Å². The number of hydrogen-bond donors (Lipinski definition) is 1. The maximum atomic E-state index is 5.72. The molecule has 4 heteroatoms. The highest BCUT2D eigenvalue weighted by Gasteiger charge is 2.17. The van der Waals surface area contributed by atoms with Crippen molar-refractivity contribution < 1.29 is 0 Å². The topological polar surface area (TPSA) is 42.1 Å². The smallest absolute Gasteiger partial charge is 0.129 e. The number of aromatic nitrogens is 1. The van der Waals surface area contributed by atoms with E-state index in [1.54, 1.807) is 6.20 Å². The summed E-state index contributed by atoms with van der Waals surface area (Å²) in [5.41, 5.74) is 6.42. The number of anilines is 2. The Morgan fingerprint density at radius 2 is 2.40 bits per heavy atom. The Labute approximate surface area is 98.8 Å². The molecule has 1 aliphatic heterocycles. The lowest BCUT2D eigenvalue weighted by Gasteiger charge is -2.31. The molecule has 0 spiro atoms. The zero-order chi connectivity index (χ0) is 10.8. The van der Waals surface area contributed by atoms with Crippen LogP contribution in [0.5, 0.6) is 0 Å². The molecule has 0 saturated carbocycles. The number of rotatable bonds is 1. The SMILES string of the molecule is CC1CCCN(c2cc(Br)c(N)cn2)C1. The van der Waals surface area contributed by atoms with Crippen LogP contribution >= 0.6 is 15.9 Å². The van der Waals surface area contributed by atoms with Crippen molar-refractivity contribution in [2.24, 2.45) is 5.92 Å². The van der Waals surface area contributed by atoms with Crippen LogP contribution in [-0.2, 0) is 0 Å². The number of pyridine rings is 1. The zero-order valence-corrected chi connectivity index (χ0v) is 10.5. The van der Waals surface area contributed by atoms with Crippen LogP contribution in [0, 0.1) is 5.92 Å². The van der Waals surface area contributed by atoms with Gasteiger partial charge in [0.1, 0.15) is 5.82 Å². The fraction of sp³-hybridized carbons (Fsp3) is 0.545. The predicted octanol–water partition coefficient (Wildman–Crippen LogP) is 2.66. The summed E-state index contributed by atoms with van der Waals surface area (Å²) in [6.07, 6.45) is 4.30. The van der Waals surface area contributed by atoms with Gasteiger partial charge >= 0.3 is 0 Å². The summed E-state index contributed by atoms with van der Waals surface area (Å²) in [4.78, 5) is 6.70. The number of nitrogens with zero attached hydrogens (tertiary/aromatic N) is 2. The summed E-state index contributed by atoms with van der Waals surface area (Å²) in [5, 5.41) is 0. The molecule has 1 fully saturated rings. The summed E-state index contributed by atoms with van der Waals surface area (Å²) < 4.78 is 0.936. The van der Waals surface area contributed by atoms with Crippen LogP contribution in [0.25, 0.3) is 0 Å². The molecule has 1 aromatic heterocycles. The summed E-state index contributed by atoms with van der Waals surface area (Å²) >= 11 is 3.44. The molecule has 0 aliphatic carbocycles. The van der Waals surface area contributed by atoms with E-state index in [-0.39, 0.29) is 0 Å². The van der Waals surface area contributed by atoms with Crippen molar-refractivity contribution >= 4 is 27.4 Å². The third kappa shape index (κ3) is 2.43.